The summed E-state index contributed by atoms with van der Waals surface area (Å²) in [7, 11) is 0. The Morgan fingerprint density at radius 1 is 1.29 bits per heavy atom. The standard InChI is InChI=1S/C23H28F4N2O2/c1-6-8-18-22(20(30)31,21(4,5)7-2)19(16(12-28)13(3)29-18)15-10-9-14(24)11-17(15)23(25,26)27/h9-11,16,18-19H,6-8H2,1-5H3,(H,30,31). The number of hydrogen-bond donors (Lipinski definition) is 1. The first kappa shape index (κ1) is 24.8. The molecule has 8 heteroatoms. The van der Waals surface area contributed by atoms with E-state index in [4.69, 9.17) is 0 Å². The Labute approximate surface area is 180 Å². The van der Waals surface area contributed by atoms with Gasteiger partial charge in [-0.05, 0) is 42.9 Å². The minimum absolute atomic E-state index is 0.298. The first-order valence-corrected chi connectivity index (χ1v) is 10.3. The van der Waals surface area contributed by atoms with E-state index in [0.717, 1.165) is 12.1 Å². The number of hydrogen-bond acceptors (Lipinski definition) is 3. The SMILES string of the molecule is CCCC1N=C(C)C(C#N)C(c2ccc(F)cc2C(F)(F)F)C1(C(=O)O)C(C)(C)CC. The van der Waals surface area contributed by atoms with Crippen LogP contribution in [0.2, 0.25) is 0 Å². The summed E-state index contributed by atoms with van der Waals surface area (Å²) in [6.07, 6.45) is -3.67. The average molecular weight is 440 g/mol. The third-order valence-corrected chi connectivity index (χ3v) is 6.87. The van der Waals surface area contributed by atoms with Crippen molar-refractivity contribution in [1.82, 2.24) is 0 Å². The first-order valence-electron chi connectivity index (χ1n) is 10.3. The van der Waals surface area contributed by atoms with Gasteiger partial charge >= 0.3 is 12.1 Å². The fraction of sp³-hybridized carbons (Fsp3) is 0.609. The van der Waals surface area contributed by atoms with Crippen LogP contribution >= 0.6 is 0 Å². The van der Waals surface area contributed by atoms with E-state index >= 15 is 0 Å². The third-order valence-electron chi connectivity index (χ3n) is 6.87. The van der Waals surface area contributed by atoms with E-state index in [1.54, 1.807) is 27.7 Å². The maximum atomic E-state index is 14.0. The molecule has 4 nitrogen and oxygen atoms in total. The van der Waals surface area contributed by atoms with Gasteiger partial charge < -0.3 is 5.11 Å². The average Bonchev–Trinajstić information content (AvgIpc) is 2.66. The lowest BCUT2D eigenvalue weighted by atomic mass is 9.48. The van der Waals surface area contributed by atoms with Crippen LogP contribution in [0.5, 0.6) is 0 Å². The molecule has 1 aliphatic rings. The van der Waals surface area contributed by atoms with Gasteiger partial charge in [-0.1, -0.05) is 40.2 Å². The molecule has 0 aliphatic carbocycles. The van der Waals surface area contributed by atoms with Gasteiger partial charge in [0.2, 0.25) is 0 Å². The molecule has 0 radical (unpaired) electrons. The van der Waals surface area contributed by atoms with E-state index in [1.807, 2.05) is 13.0 Å². The molecule has 2 rings (SSSR count). The van der Waals surface area contributed by atoms with Crippen molar-refractivity contribution in [3.63, 3.8) is 0 Å². The van der Waals surface area contributed by atoms with E-state index in [-0.39, 0.29) is 5.56 Å². The van der Waals surface area contributed by atoms with Gasteiger partial charge in [0.1, 0.15) is 11.2 Å². The van der Waals surface area contributed by atoms with Gasteiger partial charge in [0, 0.05) is 11.6 Å². The zero-order chi connectivity index (χ0) is 23.8. The molecule has 0 saturated carbocycles. The van der Waals surface area contributed by atoms with Crippen molar-refractivity contribution >= 4 is 11.7 Å². The second kappa shape index (κ2) is 8.60. The molecule has 1 aliphatic heterocycles. The second-order valence-electron chi connectivity index (χ2n) is 8.80. The van der Waals surface area contributed by atoms with Gasteiger partial charge in [-0.25, -0.2) is 4.39 Å². The second-order valence-corrected chi connectivity index (χ2v) is 8.80. The van der Waals surface area contributed by atoms with Gasteiger partial charge in [-0.2, -0.15) is 18.4 Å². The Morgan fingerprint density at radius 3 is 2.35 bits per heavy atom. The summed E-state index contributed by atoms with van der Waals surface area (Å²) in [5.74, 6) is -4.92. The van der Waals surface area contributed by atoms with Crippen LogP contribution in [0.4, 0.5) is 17.6 Å². The molecule has 0 spiro atoms. The minimum Gasteiger partial charge on any atom is -0.481 e. The summed E-state index contributed by atoms with van der Waals surface area (Å²) in [6, 6.07) is 3.43. The van der Waals surface area contributed by atoms with Gasteiger partial charge in [0.15, 0.2) is 0 Å². The van der Waals surface area contributed by atoms with Gasteiger partial charge in [0.25, 0.3) is 0 Å². The molecule has 0 amide bonds. The van der Waals surface area contributed by atoms with Crippen LogP contribution in [-0.4, -0.2) is 22.8 Å². The molecule has 0 aromatic heterocycles. The molecule has 31 heavy (non-hydrogen) atoms. The maximum absolute atomic E-state index is 14.0. The molecule has 0 bridgehead atoms. The topological polar surface area (TPSA) is 73.5 Å². The molecule has 0 fully saturated rings. The lowest BCUT2D eigenvalue weighted by molar-refractivity contribution is -0.166. The van der Waals surface area contributed by atoms with E-state index in [1.165, 1.54) is 0 Å². The molecule has 1 aromatic carbocycles. The van der Waals surface area contributed by atoms with E-state index in [0.29, 0.717) is 31.0 Å². The molecular weight excluding hydrogens is 412 g/mol. The van der Waals surface area contributed by atoms with Crippen molar-refractivity contribution in [2.24, 2.45) is 21.7 Å². The number of nitrogens with zero attached hydrogens (tertiary/aromatic N) is 2. The number of carboxylic acids is 1. The third kappa shape index (κ3) is 3.95. The predicted octanol–water partition coefficient (Wildman–Crippen LogP) is 6.22. The summed E-state index contributed by atoms with van der Waals surface area (Å²) in [6.45, 7) is 8.55. The molecule has 0 saturated heterocycles. The fourth-order valence-corrected chi connectivity index (χ4v) is 5.07. The molecule has 1 aromatic rings. The van der Waals surface area contributed by atoms with Crippen LogP contribution in [0.3, 0.4) is 0 Å². The van der Waals surface area contributed by atoms with Crippen molar-refractivity contribution in [2.75, 3.05) is 0 Å². The summed E-state index contributed by atoms with van der Waals surface area (Å²) in [5, 5.41) is 20.5. The van der Waals surface area contributed by atoms with Crippen LogP contribution in [0, 0.1) is 33.9 Å². The van der Waals surface area contributed by atoms with Crippen LogP contribution in [-0.2, 0) is 11.0 Å². The molecule has 1 N–H and O–H groups in total. The van der Waals surface area contributed by atoms with Gasteiger partial charge in [-0.15, -0.1) is 0 Å². The molecule has 1 heterocycles. The number of nitriles is 1. The van der Waals surface area contributed by atoms with Crippen molar-refractivity contribution in [1.29, 1.82) is 5.26 Å². The zero-order valence-corrected chi connectivity index (χ0v) is 18.3. The number of rotatable bonds is 6. The number of alkyl halides is 3. The Morgan fingerprint density at radius 2 is 1.90 bits per heavy atom. The van der Waals surface area contributed by atoms with Crippen LogP contribution < -0.4 is 0 Å². The monoisotopic (exact) mass is 440 g/mol. The Bertz CT molecular complexity index is 917. The summed E-state index contributed by atoms with van der Waals surface area (Å²) >= 11 is 0. The lowest BCUT2D eigenvalue weighted by Crippen LogP contribution is -2.60. The van der Waals surface area contributed by atoms with Crippen molar-refractivity contribution in [3.05, 3.63) is 35.1 Å². The predicted molar refractivity (Wildman–Crippen MR) is 109 cm³/mol. The van der Waals surface area contributed by atoms with Gasteiger partial charge in [0.05, 0.1) is 23.6 Å². The normalized spacial score (nSPS) is 26.8. The fourth-order valence-electron chi connectivity index (χ4n) is 5.07. The number of carboxylic acid groups (broad SMARTS) is 1. The highest BCUT2D eigenvalue weighted by molar-refractivity contribution is 5.92. The molecule has 4 atom stereocenters. The number of benzene rings is 1. The quantitative estimate of drug-likeness (QED) is 0.534. The Hall–Kier alpha value is -2.43. The number of aliphatic carboxylic acids is 1. The Kier molecular flexibility index (Phi) is 6.89. The van der Waals surface area contributed by atoms with Crippen LogP contribution in [0.15, 0.2) is 23.2 Å². The summed E-state index contributed by atoms with van der Waals surface area (Å²) in [4.78, 5) is 17.6. The summed E-state index contributed by atoms with van der Waals surface area (Å²) in [5.41, 5.74) is -4.14. The summed E-state index contributed by atoms with van der Waals surface area (Å²) < 4.78 is 55.7. The Balaban J connectivity index is 3.07. The molecule has 4 unspecified atom stereocenters. The van der Waals surface area contributed by atoms with Crippen molar-refractivity contribution in [2.45, 2.75) is 72.0 Å². The van der Waals surface area contributed by atoms with Crippen LogP contribution in [0.1, 0.15) is 70.9 Å². The molecule has 170 valence electrons. The highest BCUT2D eigenvalue weighted by atomic mass is 19.4. The first-order chi connectivity index (χ1) is 14.3. The molecular formula is C23H28F4N2O2. The minimum atomic E-state index is -4.92. The van der Waals surface area contributed by atoms with Crippen molar-refractivity contribution in [3.8, 4) is 6.07 Å². The number of halogens is 4. The zero-order valence-electron chi connectivity index (χ0n) is 18.3. The van der Waals surface area contributed by atoms with E-state index in [2.05, 4.69) is 4.99 Å². The smallest absolute Gasteiger partial charge is 0.416 e. The number of aliphatic imine (C=N–C) groups is 1. The van der Waals surface area contributed by atoms with Crippen LogP contribution in [0.25, 0.3) is 0 Å². The highest BCUT2D eigenvalue weighted by Gasteiger charge is 2.65. The lowest BCUT2D eigenvalue weighted by Gasteiger charge is -2.55. The van der Waals surface area contributed by atoms with E-state index < -0.39 is 52.2 Å². The highest BCUT2D eigenvalue weighted by Crippen LogP contribution is 2.61. The number of carbonyl (C=O) groups is 1. The maximum Gasteiger partial charge on any atom is 0.416 e. The largest absolute Gasteiger partial charge is 0.481 e. The van der Waals surface area contributed by atoms with E-state index in [9.17, 15) is 32.7 Å². The van der Waals surface area contributed by atoms with Gasteiger partial charge in [-0.3, -0.25) is 9.79 Å². The van der Waals surface area contributed by atoms with Crippen molar-refractivity contribution < 1.29 is 27.5 Å².